The number of hydrogen-bond donors (Lipinski definition) is 1. The van der Waals surface area contributed by atoms with Gasteiger partial charge in [0, 0.05) is 11.8 Å². The van der Waals surface area contributed by atoms with Gasteiger partial charge in [0.15, 0.2) is 16.6 Å². The molecule has 8 heteroatoms. The number of para-hydroxylation sites is 1. The Morgan fingerprint density at radius 2 is 1.93 bits per heavy atom. The fourth-order valence-corrected chi connectivity index (χ4v) is 3.52. The van der Waals surface area contributed by atoms with E-state index in [2.05, 4.69) is 15.1 Å². The maximum Gasteiger partial charge on any atom is 0.266 e. The SMILES string of the molecule is Cc1ccccc1OCCSc1nc(-c2ccccc2F)nc2cc(=O)[nH]n12. The average Bonchev–Trinajstić information content (AvgIpc) is 3.07. The quantitative estimate of drug-likeness (QED) is 0.397. The Bertz CT molecular complexity index is 1190. The first-order valence-corrected chi connectivity index (χ1v) is 9.66. The van der Waals surface area contributed by atoms with Crippen molar-refractivity contribution in [3.63, 3.8) is 0 Å². The normalized spacial score (nSPS) is 11.1. The van der Waals surface area contributed by atoms with Crippen molar-refractivity contribution in [3.05, 3.63) is 76.3 Å². The van der Waals surface area contributed by atoms with Gasteiger partial charge in [-0.3, -0.25) is 9.89 Å². The first-order chi connectivity index (χ1) is 13.6. The van der Waals surface area contributed by atoms with Gasteiger partial charge in [-0.25, -0.2) is 18.9 Å². The van der Waals surface area contributed by atoms with Gasteiger partial charge >= 0.3 is 0 Å². The van der Waals surface area contributed by atoms with Crippen LogP contribution in [0.3, 0.4) is 0 Å². The van der Waals surface area contributed by atoms with Gasteiger partial charge in [0.25, 0.3) is 5.56 Å². The molecule has 0 bridgehead atoms. The summed E-state index contributed by atoms with van der Waals surface area (Å²) in [6.45, 7) is 2.45. The molecule has 0 amide bonds. The molecule has 0 saturated heterocycles. The molecule has 0 saturated carbocycles. The van der Waals surface area contributed by atoms with Crippen molar-refractivity contribution in [2.75, 3.05) is 12.4 Å². The number of thioether (sulfide) groups is 1. The fourth-order valence-electron chi connectivity index (χ4n) is 2.75. The maximum atomic E-state index is 14.2. The van der Waals surface area contributed by atoms with Crippen LogP contribution in [0.2, 0.25) is 0 Å². The van der Waals surface area contributed by atoms with E-state index in [1.54, 1.807) is 18.2 Å². The predicted octanol–water partition coefficient (Wildman–Crippen LogP) is 3.70. The lowest BCUT2D eigenvalue weighted by molar-refractivity contribution is 0.341. The Hall–Kier alpha value is -3.13. The largest absolute Gasteiger partial charge is 0.492 e. The summed E-state index contributed by atoms with van der Waals surface area (Å²) in [5.74, 6) is 1.25. The number of aromatic amines is 1. The van der Waals surface area contributed by atoms with E-state index in [0.717, 1.165) is 11.3 Å². The summed E-state index contributed by atoms with van der Waals surface area (Å²) in [6, 6.07) is 15.4. The number of aryl methyl sites for hydroxylation is 1. The van der Waals surface area contributed by atoms with Crippen LogP contribution in [0.15, 0.2) is 64.5 Å². The van der Waals surface area contributed by atoms with Gasteiger partial charge in [-0.2, -0.15) is 0 Å². The Kier molecular flexibility index (Phi) is 5.12. The van der Waals surface area contributed by atoms with E-state index in [-0.39, 0.29) is 16.9 Å². The number of hydrogen-bond acceptors (Lipinski definition) is 5. The van der Waals surface area contributed by atoms with Gasteiger partial charge in [0.1, 0.15) is 11.6 Å². The highest BCUT2D eigenvalue weighted by Crippen LogP contribution is 2.24. The molecule has 0 radical (unpaired) electrons. The van der Waals surface area contributed by atoms with E-state index >= 15 is 0 Å². The van der Waals surface area contributed by atoms with Crippen LogP contribution in [-0.4, -0.2) is 31.9 Å². The third-order valence-electron chi connectivity index (χ3n) is 4.10. The number of halogens is 1. The molecule has 0 atom stereocenters. The topological polar surface area (TPSA) is 72.3 Å². The van der Waals surface area contributed by atoms with Gasteiger partial charge in [0.2, 0.25) is 0 Å². The number of benzene rings is 2. The molecule has 1 N–H and O–H groups in total. The number of nitrogens with zero attached hydrogens (tertiary/aromatic N) is 3. The standard InChI is InChI=1S/C20H17FN4O2S/c1-13-6-2-5-9-16(13)27-10-11-28-20-23-19(14-7-3-4-8-15(14)21)22-17-12-18(26)24-25(17)20/h2-9,12H,10-11H2,1H3,(H,24,26). The van der Waals surface area contributed by atoms with Crippen molar-refractivity contribution in [1.82, 2.24) is 19.6 Å². The molecule has 6 nitrogen and oxygen atoms in total. The fraction of sp³-hybridized carbons (Fsp3) is 0.150. The van der Waals surface area contributed by atoms with Gasteiger partial charge in [-0.05, 0) is 30.7 Å². The molecule has 4 aromatic rings. The van der Waals surface area contributed by atoms with Crippen LogP contribution in [0.4, 0.5) is 4.39 Å². The molecular formula is C20H17FN4O2S. The minimum atomic E-state index is -0.413. The lowest BCUT2D eigenvalue weighted by Crippen LogP contribution is -2.07. The van der Waals surface area contributed by atoms with Crippen molar-refractivity contribution in [1.29, 1.82) is 0 Å². The van der Waals surface area contributed by atoms with Gasteiger partial charge in [-0.1, -0.05) is 42.1 Å². The molecule has 28 heavy (non-hydrogen) atoms. The van der Waals surface area contributed by atoms with Crippen LogP contribution in [0.1, 0.15) is 5.56 Å². The molecule has 4 rings (SSSR count). The summed E-state index contributed by atoms with van der Waals surface area (Å²) < 4.78 is 21.5. The van der Waals surface area contributed by atoms with Crippen LogP contribution in [-0.2, 0) is 0 Å². The molecule has 2 aromatic carbocycles. The van der Waals surface area contributed by atoms with Crippen LogP contribution in [0, 0.1) is 12.7 Å². The summed E-state index contributed by atoms with van der Waals surface area (Å²) in [5, 5.41) is 3.18. The van der Waals surface area contributed by atoms with Crippen molar-refractivity contribution in [2.24, 2.45) is 0 Å². The second-order valence-corrected chi connectivity index (χ2v) is 7.15. The first-order valence-electron chi connectivity index (χ1n) is 8.68. The highest BCUT2D eigenvalue weighted by atomic mass is 32.2. The van der Waals surface area contributed by atoms with Crippen LogP contribution >= 0.6 is 11.8 Å². The van der Waals surface area contributed by atoms with Gasteiger partial charge in [0.05, 0.1) is 12.2 Å². The van der Waals surface area contributed by atoms with Crippen LogP contribution in [0.5, 0.6) is 5.75 Å². The summed E-state index contributed by atoms with van der Waals surface area (Å²) in [6.07, 6.45) is 0. The van der Waals surface area contributed by atoms with Crippen LogP contribution < -0.4 is 10.3 Å². The van der Waals surface area contributed by atoms with Crippen LogP contribution in [0.25, 0.3) is 17.0 Å². The van der Waals surface area contributed by atoms with E-state index in [1.807, 2.05) is 31.2 Å². The number of H-pyrrole nitrogens is 1. The molecule has 0 aliphatic heterocycles. The highest BCUT2D eigenvalue weighted by Gasteiger charge is 2.14. The predicted molar refractivity (Wildman–Crippen MR) is 106 cm³/mol. The monoisotopic (exact) mass is 396 g/mol. The molecule has 2 heterocycles. The third kappa shape index (κ3) is 3.77. The number of fused-ring (bicyclic) bond motifs is 1. The maximum absolute atomic E-state index is 14.2. The molecular weight excluding hydrogens is 379 g/mol. The zero-order chi connectivity index (χ0) is 19.5. The highest BCUT2D eigenvalue weighted by molar-refractivity contribution is 7.99. The lowest BCUT2D eigenvalue weighted by Gasteiger charge is -2.10. The molecule has 0 spiro atoms. The van der Waals surface area contributed by atoms with Gasteiger partial charge < -0.3 is 4.74 Å². The molecule has 0 unspecified atom stereocenters. The second-order valence-electron chi connectivity index (χ2n) is 6.09. The molecule has 0 aliphatic rings. The number of nitrogens with one attached hydrogen (secondary N) is 1. The van der Waals surface area contributed by atoms with Crippen molar-refractivity contribution >= 4 is 17.4 Å². The first kappa shape index (κ1) is 18.2. The smallest absolute Gasteiger partial charge is 0.266 e. The lowest BCUT2D eigenvalue weighted by atomic mass is 10.2. The van der Waals surface area contributed by atoms with Crippen molar-refractivity contribution < 1.29 is 9.13 Å². The summed E-state index contributed by atoms with van der Waals surface area (Å²) in [4.78, 5) is 20.5. The molecule has 0 aliphatic carbocycles. The van der Waals surface area contributed by atoms with Gasteiger partial charge in [-0.15, -0.1) is 0 Å². The Morgan fingerprint density at radius 3 is 2.75 bits per heavy atom. The third-order valence-corrected chi connectivity index (χ3v) is 5.01. The number of ether oxygens (including phenoxy) is 1. The van der Waals surface area contributed by atoms with E-state index < -0.39 is 5.82 Å². The number of aromatic nitrogens is 4. The van der Waals surface area contributed by atoms with Crippen molar-refractivity contribution in [3.8, 4) is 17.1 Å². The summed E-state index contributed by atoms with van der Waals surface area (Å²) in [5.41, 5.74) is 1.45. The van der Waals surface area contributed by atoms with E-state index in [0.29, 0.717) is 23.2 Å². The zero-order valence-electron chi connectivity index (χ0n) is 15.1. The van der Waals surface area contributed by atoms with Crippen molar-refractivity contribution in [2.45, 2.75) is 12.1 Å². The Balaban J connectivity index is 1.58. The minimum Gasteiger partial charge on any atom is -0.492 e. The zero-order valence-corrected chi connectivity index (χ0v) is 15.9. The van der Waals surface area contributed by atoms with E-state index in [1.165, 1.54) is 28.4 Å². The Labute approximate surface area is 164 Å². The minimum absolute atomic E-state index is 0.236. The van der Waals surface area contributed by atoms with E-state index in [4.69, 9.17) is 4.74 Å². The average molecular weight is 396 g/mol. The Morgan fingerprint density at radius 1 is 1.14 bits per heavy atom. The van der Waals surface area contributed by atoms with E-state index in [9.17, 15) is 9.18 Å². The summed E-state index contributed by atoms with van der Waals surface area (Å²) >= 11 is 1.40. The second kappa shape index (κ2) is 7.85. The number of rotatable bonds is 6. The molecule has 0 fully saturated rings. The molecule has 2 aromatic heterocycles. The summed E-state index contributed by atoms with van der Waals surface area (Å²) in [7, 11) is 0. The molecule has 142 valence electrons.